The van der Waals surface area contributed by atoms with E-state index in [2.05, 4.69) is 6.92 Å². The molecule has 0 saturated heterocycles. The molecule has 134 valence electrons. The van der Waals surface area contributed by atoms with E-state index in [1.54, 1.807) is 0 Å². The normalized spacial score (nSPS) is 32.8. The second kappa shape index (κ2) is 11.6. The third kappa shape index (κ3) is 9.08. The lowest BCUT2D eigenvalue weighted by Gasteiger charge is -2.20. The predicted octanol–water partition coefficient (Wildman–Crippen LogP) is 2.47. The number of aliphatic hydroxyl groups excluding tert-OH is 3. The first-order valence-electron chi connectivity index (χ1n) is 8.96. The molecule has 0 aromatic rings. The summed E-state index contributed by atoms with van der Waals surface area (Å²) < 4.78 is 5.48. The molecule has 0 saturated carbocycles. The Bertz CT molecular complexity index is 355. The van der Waals surface area contributed by atoms with Crippen LogP contribution in [0.2, 0.25) is 0 Å². The smallest absolute Gasteiger partial charge is 0.330 e. The van der Waals surface area contributed by atoms with E-state index >= 15 is 0 Å². The van der Waals surface area contributed by atoms with Crippen LogP contribution in [0, 0.1) is 0 Å². The highest BCUT2D eigenvalue weighted by Crippen LogP contribution is 2.18. The molecular weight excluding hydrogens is 296 g/mol. The highest BCUT2D eigenvalue weighted by atomic mass is 16.5. The first-order valence-corrected chi connectivity index (χ1v) is 8.96. The fraction of sp³-hybridized carbons (Fsp3) is 0.833. The maximum atomic E-state index is 11.9. The Morgan fingerprint density at radius 3 is 2.61 bits per heavy atom. The number of carbonyl (C=O) groups is 1. The number of hydrogen-bond donors (Lipinski definition) is 3. The quantitative estimate of drug-likeness (QED) is 0.545. The minimum atomic E-state index is -1.17. The van der Waals surface area contributed by atoms with Gasteiger partial charge in [-0.05, 0) is 38.2 Å². The first-order chi connectivity index (χ1) is 11.0. The summed E-state index contributed by atoms with van der Waals surface area (Å²) in [7, 11) is 0. The van der Waals surface area contributed by atoms with Crippen LogP contribution in [0.25, 0.3) is 0 Å². The van der Waals surface area contributed by atoms with Gasteiger partial charge < -0.3 is 20.1 Å². The number of cyclic esters (lactones) is 1. The fourth-order valence-electron chi connectivity index (χ4n) is 2.86. The van der Waals surface area contributed by atoms with Gasteiger partial charge in [-0.15, -0.1) is 0 Å². The zero-order chi connectivity index (χ0) is 17.1. The summed E-state index contributed by atoms with van der Waals surface area (Å²) in [6.07, 6.45) is 8.00. The molecule has 4 unspecified atom stereocenters. The van der Waals surface area contributed by atoms with E-state index in [1.165, 1.54) is 12.2 Å². The third-order valence-corrected chi connectivity index (χ3v) is 4.31. The Morgan fingerprint density at radius 1 is 1.13 bits per heavy atom. The van der Waals surface area contributed by atoms with Gasteiger partial charge in [-0.25, -0.2) is 4.79 Å². The maximum Gasteiger partial charge on any atom is 0.330 e. The van der Waals surface area contributed by atoms with Crippen LogP contribution in [0.1, 0.15) is 71.1 Å². The molecule has 5 heteroatoms. The summed E-state index contributed by atoms with van der Waals surface area (Å²) in [5.41, 5.74) is 0. The Hall–Kier alpha value is -0.910. The second-order valence-electron chi connectivity index (χ2n) is 6.50. The lowest BCUT2D eigenvalue weighted by atomic mass is 9.99. The molecule has 0 aliphatic carbocycles. The molecule has 0 aromatic carbocycles. The average Bonchev–Trinajstić information content (AvgIpc) is 2.51. The molecule has 1 aliphatic heterocycles. The van der Waals surface area contributed by atoms with Crippen molar-refractivity contribution in [1.29, 1.82) is 0 Å². The van der Waals surface area contributed by atoms with E-state index < -0.39 is 24.3 Å². The Kier molecular flexibility index (Phi) is 10.2. The largest absolute Gasteiger partial charge is 0.459 e. The monoisotopic (exact) mass is 328 g/mol. The van der Waals surface area contributed by atoms with Gasteiger partial charge in [0.15, 0.2) is 0 Å². The molecule has 5 nitrogen and oxygen atoms in total. The zero-order valence-corrected chi connectivity index (χ0v) is 14.2. The van der Waals surface area contributed by atoms with Crippen LogP contribution in [0.4, 0.5) is 0 Å². The number of esters is 1. The van der Waals surface area contributed by atoms with E-state index in [1.807, 2.05) is 0 Å². The molecule has 0 bridgehead atoms. The maximum absolute atomic E-state index is 11.9. The molecule has 0 radical (unpaired) electrons. The van der Waals surface area contributed by atoms with Gasteiger partial charge in [0.1, 0.15) is 6.10 Å². The van der Waals surface area contributed by atoms with Gasteiger partial charge in [0.2, 0.25) is 0 Å². The van der Waals surface area contributed by atoms with Crippen molar-refractivity contribution in [3.05, 3.63) is 12.2 Å². The number of rotatable bonds is 4. The van der Waals surface area contributed by atoms with Crippen LogP contribution in [0.15, 0.2) is 12.2 Å². The van der Waals surface area contributed by atoms with Crippen LogP contribution in [0.5, 0.6) is 0 Å². The molecule has 23 heavy (non-hydrogen) atoms. The third-order valence-electron chi connectivity index (χ3n) is 4.31. The summed E-state index contributed by atoms with van der Waals surface area (Å²) in [5.74, 6) is -0.477. The lowest BCUT2D eigenvalue weighted by Crippen LogP contribution is -2.29. The van der Waals surface area contributed by atoms with E-state index in [-0.39, 0.29) is 12.5 Å². The molecule has 4 atom stereocenters. The molecule has 0 aromatic heterocycles. The molecule has 3 N–H and O–H groups in total. The molecule has 1 rings (SSSR count). The van der Waals surface area contributed by atoms with Crippen LogP contribution >= 0.6 is 0 Å². The summed E-state index contributed by atoms with van der Waals surface area (Å²) >= 11 is 0. The topological polar surface area (TPSA) is 87.0 Å². The van der Waals surface area contributed by atoms with Crippen molar-refractivity contribution in [2.75, 3.05) is 0 Å². The minimum absolute atomic E-state index is 0.0892. The van der Waals surface area contributed by atoms with Gasteiger partial charge in [0, 0.05) is 12.5 Å². The van der Waals surface area contributed by atoms with Crippen LogP contribution < -0.4 is 0 Å². The summed E-state index contributed by atoms with van der Waals surface area (Å²) in [6.45, 7) is 2.14. The van der Waals surface area contributed by atoms with Gasteiger partial charge >= 0.3 is 5.97 Å². The van der Waals surface area contributed by atoms with Crippen molar-refractivity contribution in [2.24, 2.45) is 0 Å². The van der Waals surface area contributed by atoms with E-state index in [9.17, 15) is 20.1 Å². The molecule has 0 spiro atoms. The van der Waals surface area contributed by atoms with E-state index in [0.29, 0.717) is 6.42 Å². The number of hydrogen-bond acceptors (Lipinski definition) is 5. The van der Waals surface area contributed by atoms with Crippen molar-refractivity contribution in [2.45, 2.75) is 95.5 Å². The zero-order valence-electron chi connectivity index (χ0n) is 14.2. The van der Waals surface area contributed by atoms with Crippen molar-refractivity contribution in [3.8, 4) is 0 Å². The number of ether oxygens (including phenoxy) is 1. The Morgan fingerprint density at radius 2 is 1.87 bits per heavy atom. The van der Waals surface area contributed by atoms with Gasteiger partial charge in [-0.2, -0.15) is 0 Å². The van der Waals surface area contributed by atoms with Gasteiger partial charge in [-0.3, -0.25) is 0 Å². The summed E-state index contributed by atoms with van der Waals surface area (Å²) in [5, 5.41) is 29.5. The Labute approximate surface area is 139 Å². The summed E-state index contributed by atoms with van der Waals surface area (Å²) in [4.78, 5) is 11.9. The van der Waals surface area contributed by atoms with Crippen molar-refractivity contribution >= 4 is 5.97 Å². The molecule has 0 fully saturated rings. The van der Waals surface area contributed by atoms with E-state index in [0.717, 1.165) is 51.4 Å². The highest BCUT2D eigenvalue weighted by Gasteiger charge is 2.19. The molecule has 1 aliphatic rings. The SMILES string of the molecule is CCCCCC1CCCCCC(O)CC(O)C(O)/C=C/C(=O)O1. The van der Waals surface area contributed by atoms with Crippen LogP contribution in [-0.2, 0) is 9.53 Å². The van der Waals surface area contributed by atoms with Crippen molar-refractivity contribution < 1.29 is 24.9 Å². The number of aliphatic hydroxyl groups is 3. The Balaban J connectivity index is 2.63. The van der Waals surface area contributed by atoms with Gasteiger partial charge in [-0.1, -0.05) is 32.6 Å². The van der Waals surface area contributed by atoms with Crippen molar-refractivity contribution in [1.82, 2.24) is 0 Å². The highest BCUT2D eigenvalue weighted by molar-refractivity contribution is 5.82. The van der Waals surface area contributed by atoms with Crippen LogP contribution in [-0.4, -0.2) is 45.7 Å². The molecule has 0 amide bonds. The van der Waals surface area contributed by atoms with Crippen LogP contribution in [0.3, 0.4) is 0 Å². The number of unbranched alkanes of at least 4 members (excludes halogenated alkanes) is 2. The van der Waals surface area contributed by atoms with Crippen molar-refractivity contribution in [3.63, 3.8) is 0 Å². The first kappa shape index (κ1) is 20.1. The minimum Gasteiger partial charge on any atom is -0.459 e. The van der Waals surface area contributed by atoms with Gasteiger partial charge in [0.25, 0.3) is 0 Å². The predicted molar refractivity (Wildman–Crippen MR) is 88.9 cm³/mol. The summed E-state index contributed by atoms with van der Waals surface area (Å²) in [6, 6.07) is 0. The van der Waals surface area contributed by atoms with Gasteiger partial charge in [0.05, 0.1) is 18.3 Å². The molecular formula is C18H32O5. The van der Waals surface area contributed by atoms with E-state index in [4.69, 9.17) is 4.74 Å². The molecule has 1 heterocycles. The average molecular weight is 328 g/mol. The second-order valence-corrected chi connectivity index (χ2v) is 6.50. The fourth-order valence-corrected chi connectivity index (χ4v) is 2.86. The number of carbonyl (C=O) groups excluding carboxylic acids is 1. The standard InChI is InChI=1S/C18H32O5/c1-2-3-5-9-15-10-7-4-6-8-14(19)13-17(21)16(20)11-12-18(22)23-15/h11-12,14-17,19-21H,2-10,13H2,1H3/b12-11+. The lowest BCUT2D eigenvalue weighted by molar-refractivity contribution is -0.143.